The molecule has 0 aromatic carbocycles. The molecule has 2 rings (SSSR count). The topological polar surface area (TPSA) is 75.4 Å². The smallest absolute Gasteiger partial charge is 0.256 e. The average molecular weight is 290 g/mol. The summed E-state index contributed by atoms with van der Waals surface area (Å²) in [5, 5.41) is 17.0. The fraction of sp³-hybridized carbons (Fsp3) is 0.286. The number of amides is 1. The van der Waals surface area contributed by atoms with Crippen molar-refractivity contribution in [2.45, 2.75) is 19.9 Å². The molecular weight excluding hydrogens is 276 g/mol. The van der Waals surface area contributed by atoms with Crippen LogP contribution in [0.25, 0.3) is 0 Å². The summed E-state index contributed by atoms with van der Waals surface area (Å²) < 4.78 is 4.86. The lowest BCUT2D eigenvalue weighted by molar-refractivity contribution is 0.0950. The third kappa shape index (κ3) is 3.47. The molecular formula is C14H14N2O3S. The molecule has 1 amide bonds. The highest BCUT2D eigenvalue weighted by atomic mass is 32.1. The first kappa shape index (κ1) is 14.3. The Bertz CT molecular complexity index is 649. The van der Waals surface area contributed by atoms with Crippen molar-refractivity contribution < 1.29 is 14.4 Å². The molecule has 0 aliphatic carbocycles. The minimum Gasteiger partial charge on any atom is -0.395 e. The van der Waals surface area contributed by atoms with Crippen molar-refractivity contribution in [3.05, 3.63) is 39.4 Å². The minimum absolute atomic E-state index is 0.0516. The number of rotatable bonds is 4. The number of nitrogens with zero attached hydrogens (tertiary/aromatic N) is 1. The Morgan fingerprint density at radius 2 is 2.45 bits per heavy atom. The second-order valence-corrected chi connectivity index (χ2v) is 5.01. The van der Waals surface area contributed by atoms with Crippen molar-refractivity contribution in [3.8, 4) is 11.8 Å². The van der Waals surface area contributed by atoms with Crippen LogP contribution in [0.2, 0.25) is 0 Å². The summed E-state index contributed by atoms with van der Waals surface area (Å²) in [6.07, 6.45) is 1.85. The van der Waals surface area contributed by atoms with Crippen molar-refractivity contribution >= 4 is 17.2 Å². The SMILES string of the molecule is Cc1oncc1C(=O)NCc1sccc1C#CCCO. The molecule has 0 spiro atoms. The molecule has 0 saturated carbocycles. The molecule has 0 bridgehead atoms. The van der Waals surface area contributed by atoms with Gasteiger partial charge in [-0.05, 0) is 18.4 Å². The zero-order chi connectivity index (χ0) is 14.4. The number of hydrogen-bond donors (Lipinski definition) is 2. The van der Waals surface area contributed by atoms with Crippen molar-refractivity contribution in [1.29, 1.82) is 0 Å². The third-order valence-electron chi connectivity index (χ3n) is 2.61. The first-order chi connectivity index (χ1) is 9.72. The van der Waals surface area contributed by atoms with Gasteiger partial charge in [0.2, 0.25) is 0 Å². The van der Waals surface area contributed by atoms with E-state index < -0.39 is 0 Å². The van der Waals surface area contributed by atoms with Crippen molar-refractivity contribution in [2.75, 3.05) is 6.61 Å². The first-order valence-corrected chi connectivity index (χ1v) is 6.96. The van der Waals surface area contributed by atoms with Crippen LogP contribution in [0.4, 0.5) is 0 Å². The van der Waals surface area contributed by atoms with E-state index in [9.17, 15) is 4.79 Å². The summed E-state index contributed by atoms with van der Waals surface area (Å²) in [6, 6.07) is 1.90. The van der Waals surface area contributed by atoms with Crippen LogP contribution in [0.3, 0.4) is 0 Å². The first-order valence-electron chi connectivity index (χ1n) is 6.08. The summed E-state index contributed by atoms with van der Waals surface area (Å²) in [4.78, 5) is 12.9. The fourth-order valence-electron chi connectivity index (χ4n) is 1.57. The highest BCUT2D eigenvalue weighted by molar-refractivity contribution is 7.10. The van der Waals surface area contributed by atoms with E-state index in [1.807, 2.05) is 11.4 Å². The van der Waals surface area contributed by atoms with Gasteiger partial charge in [-0.15, -0.1) is 11.3 Å². The zero-order valence-electron chi connectivity index (χ0n) is 11.0. The number of aliphatic hydroxyl groups is 1. The molecule has 0 unspecified atom stereocenters. The van der Waals surface area contributed by atoms with E-state index in [2.05, 4.69) is 22.3 Å². The van der Waals surface area contributed by atoms with Crippen LogP contribution in [0.5, 0.6) is 0 Å². The van der Waals surface area contributed by atoms with Crippen LogP contribution in [-0.2, 0) is 6.54 Å². The Morgan fingerprint density at radius 3 is 3.15 bits per heavy atom. The molecule has 104 valence electrons. The Balaban J connectivity index is 1.98. The molecule has 2 aromatic rings. The van der Waals surface area contributed by atoms with E-state index in [1.165, 1.54) is 17.5 Å². The molecule has 0 aliphatic heterocycles. The molecule has 0 atom stereocenters. The summed E-state index contributed by atoms with van der Waals surface area (Å²) in [6.45, 7) is 2.15. The number of hydrogen-bond acceptors (Lipinski definition) is 5. The van der Waals surface area contributed by atoms with Gasteiger partial charge in [-0.25, -0.2) is 0 Å². The lowest BCUT2D eigenvalue weighted by Crippen LogP contribution is -2.22. The summed E-state index contributed by atoms with van der Waals surface area (Å²) in [7, 11) is 0. The summed E-state index contributed by atoms with van der Waals surface area (Å²) in [5.74, 6) is 6.13. The second kappa shape index (κ2) is 6.89. The number of aliphatic hydroxyl groups excluding tert-OH is 1. The monoisotopic (exact) mass is 290 g/mol. The lowest BCUT2D eigenvalue weighted by atomic mass is 10.2. The van der Waals surface area contributed by atoms with Crippen LogP contribution < -0.4 is 5.32 Å². The fourth-order valence-corrected chi connectivity index (χ4v) is 2.34. The molecule has 6 heteroatoms. The van der Waals surface area contributed by atoms with Gasteiger partial charge in [-0.3, -0.25) is 4.79 Å². The van der Waals surface area contributed by atoms with E-state index >= 15 is 0 Å². The van der Waals surface area contributed by atoms with E-state index in [-0.39, 0.29) is 12.5 Å². The largest absolute Gasteiger partial charge is 0.395 e. The quantitative estimate of drug-likeness (QED) is 0.841. The maximum absolute atomic E-state index is 11.9. The van der Waals surface area contributed by atoms with Gasteiger partial charge in [0, 0.05) is 16.9 Å². The van der Waals surface area contributed by atoms with Gasteiger partial charge in [0.1, 0.15) is 11.3 Å². The third-order valence-corrected chi connectivity index (χ3v) is 3.53. The van der Waals surface area contributed by atoms with E-state index in [1.54, 1.807) is 6.92 Å². The molecule has 2 heterocycles. The number of carbonyl (C=O) groups is 1. The van der Waals surface area contributed by atoms with Gasteiger partial charge in [0.25, 0.3) is 5.91 Å². The number of aromatic nitrogens is 1. The lowest BCUT2D eigenvalue weighted by Gasteiger charge is -2.02. The maximum atomic E-state index is 11.9. The van der Waals surface area contributed by atoms with E-state index in [0.717, 1.165) is 10.4 Å². The Morgan fingerprint density at radius 1 is 1.60 bits per heavy atom. The summed E-state index contributed by atoms with van der Waals surface area (Å²) in [5.41, 5.74) is 1.32. The highest BCUT2D eigenvalue weighted by Crippen LogP contribution is 2.16. The minimum atomic E-state index is -0.216. The molecule has 20 heavy (non-hydrogen) atoms. The molecule has 0 fully saturated rings. The van der Waals surface area contributed by atoms with Gasteiger partial charge in [-0.1, -0.05) is 17.0 Å². The number of carbonyl (C=O) groups excluding carboxylic acids is 1. The standard InChI is InChI=1S/C14H14N2O3S/c1-10-12(8-16-19-10)14(18)15-9-13-11(5-7-20-13)4-2-3-6-17/h5,7-8,17H,3,6,9H2,1H3,(H,15,18). The van der Waals surface area contributed by atoms with Crippen LogP contribution in [0, 0.1) is 18.8 Å². The van der Waals surface area contributed by atoms with Crippen LogP contribution >= 0.6 is 11.3 Å². The average Bonchev–Trinajstić information content (AvgIpc) is 3.05. The second-order valence-electron chi connectivity index (χ2n) is 4.01. The molecule has 0 aliphatic rings. The Labute approximate surface area is 120 Å². The molecule has 0 radical (unpaired) electrons. The number of aryl methyl sites for hydroxylation is 1. The Hall–Kier alpha value is -2.10. The van der Waals surface area contributed by atoms with Crippen LogP contribution in [0.1, 0.15) is 33.0 Å². The van der Waals surface area contributed by atoms with E-state index in [0.29, 0.717) is 24.3 Å². The van der Waals surface area contributed by atoms with E-state index in [4.69, 9.17) is 9.63 Å². The van der Waals surface area contributed by atoms with Crippen molar-refractivity contribution in [1.82, 2.24) is 10.5 Å². The van der Waals surface area contributed by atoms with Crippen molar-refractivity contribution in [2.24, 2.45) is 0 Å². The molecule has 2 aromatic heterocycles. The predicted molar refractivity (Wildman–Crippen MR) is 75.3 cm³/mol. The number of nitrogens with one attached hydrogen (secondary N) is 1. The normalized spacial score (nSPS) is 9.90. The van der Waals surface area contributed by atoms with Gasteiger partial charge in [-0.2, -0.15) is 0 Å². The zero-order valence-corrected chi connectivity index (χ0v) is 11.8. The van der Waals surface area contributed by atoms with Crippen LogP contribution in [-0.4, -0.2) is 22.8 Å². The summed E-state index contributed by atoms with van der Waals surface area (Å²) >= 11 is 1.53. The Kier molecular flexibility index (Phi) is 4.93. The van der Waals surface area contributed by atoms with Crippen LogP contribution in [0.15, 0.2) is 22.2 Å². The van der Waals surface area contributed by atoms with Gasteiger partial charge >= 0.3 is 0 Å². The van der Waals surface area contributed by atoms with Gasteiger partial charge < -0.3 is 14.9 Å². The maximum Gasteiger partial charge on any atom is 0.256 e. The molecule has 2 N–H and O–H groups in total. The molecule has 0 saturated heterocycles. The molecule has 5 nitrogen and oxygen atoms in total. The van der Waals surface area contributed by atoms with Crippen molar-refractivity contribution in [3.63, 3.8) is 0 Å². The predicted octanol–water partition coefficient (Wildman–Crippen LogP) is 1.71. The van der Waals surface area contributed by atoms with Gasteiger partial charge in [0.15, 0.2) is 0 Å². The number of thiophene rings is 1. The highest BCUT2D eigenvalue weighted by Gasteiger charge is 2.13. The van der Waals surface area contributed by atoms with Gasteiger partial charge in [0.05, 0.1) is 19.3 Å².